The molecular formula is C7H5N3O2. The maximum absolute atomic E-state index is 11.1. The summed E-state index contributed by atoms with van der Waals surface area (Å²) in [6, 6.07) is 3.34. The number of H-pyrrole nitrogens is 2. The summed E-state index contributed by atoms with van der Waals surface area (Å²) in [6.45, 7) is 0. The van der Waals surface area contributed by atoms with E-state index in [2.05, 4.69) is 15.2 Å². The third kappa shape index (κ3) is 0.833. The van der Waals surface area contributed by atoms with Gasteiger partial charge in [-0.1, -0.05) is 0 Å². The molecule has 5 nitrogen and oxygen atoms in total. The van der Waals surface area contributed by atoms with Crippen molar-refractivity contribution in [2.75, 3.05) is 0 Å². The third-order valence-electron chi connectivity index (χ3n) is 1.54. The molecule has 2 rings (SSSR count). The van der Waals surface area contributed by atoms with E-state index in [4.69, 9.17) is 0 Å². The number of hydrogen-bond acceptors (Lipinski definition) is 3. The Bertz CT molecular complexity index is 526. The molecule has 12 heavy (non-hydrogen) atoms. The highest BCUT2D eigenvalue weighted by atomic mass is 16.2. The fourth-order valence-electron chi connectivity index (χ4n) is 0.976. The van der Waals surface area contributed by atoms with E-state index >= 15 is 0 Å². The zero-order chi connectivity index (χ0) is 8.55. The van der Waals surface area contributed by atoms with Crippen molar-refractivity contribution in [1.82, 2.24) is 15.2 Å². The number of hydrogen-bond donors (Lipinski definition) is 2. The van der Waals surface area contributed by atoms with Crippen LogP contribution in [-0.2, 0) is 0 Å². The second-order valence-corrected chi connectivity index (χ2v) is 2.31. The van der Waals surface area contributed by atoms with E-state index in [0.29, 0.717) is 5.52 Å². The standard InChI is InChI=1S/C7H5N3O2/c11-6-5-4(2-1-3-8-5)9-10-7(6)12/h1-3H,(H,9,11)(H,10,12). The van der Waals surface area contributed by atoms with Crippen LogP contribution in [0.25, 0.3) is 11.0 Å². The van der Waals surface area contributed by atoms with Crippen LogP contribution in [-0.4, -0.2) is 15.2 Å². The highest BCUT2D eigenvalue weighted by Crippen LogP contribution is 1.96. The van der Waals surface area contributed by atoms with Crippen molar-refractivity contribution in [2.24, 2.45) is 0 Å². The van der Waals surface area contributed by atoms with Crippen molar-refractivity contribution in [3.63, 3.8) is 0 Å². The van der Waals surface area contributed by atoms with E-state index in [-0.39, 0.29) is 5.52 Å². The van der Waals surface area contributed by atoms with Crippen molar-refractivity contribution in [1.29, 1.82) is 0 Å². The third-order valence-corrected chi connectivity index (χ3v) is 1.54. The van der Waals surface area contributed by atoms with Crippen LogP contribution in [0.2, 0.25) is 0 Å². The van der Waals surface area contributed by atoms with Gasteiger partial charge >= 0.3 is 5.56 Å². The Morgan fingerprint density at radius 1 is 1.25 bits per heavy atom. The second-order valence-electron chi connectivity index (χ2n) is 2.31. The monoisotopic (exact) mass is 163 g/mol. The van der Waals surface area contributed by atoms with Crippen molar-refractivity contribution < 1.29 is 0 Å². The van der Waals surface area contributed by atoms with Crippen LogP contribution in [0.4, 0.5) is 0 Å². The van der Waals surface area contributed by atoms with Gasteiger partial charge in [-0.2, -0.15) is 0 Å². The van der Waals surface area contributed by atoms with Gasteiger partial charge in [0.1, 0.15) is 5.52 Å². The second kappa shape index (κ2) is 2.30. The van der Waals surface area contributed by atoms with E-state index in [1.54, 1.807) is 12.1 Å². The van der Waals surface area contributed by atoms with Crippen LogP contribution in [0.3, 0.4) is 0 Å². The molecule has 0 atom stereocenters. The summed E-state index contributed by atoms with van der Waals surface area (Å²) in [6.07, 6.45) is 1.47. The summed E-state index contributed by atoms with van der Waals surface area (Å²) in [5, 5.41) is 4.77. The van der Waals surface area contributed by atoms with Crippen molar-refractivity contribution in [2.45, 2.75) is 0 Å². The fraction of sp³-hybridized carbons (Fsp3) is 0. The first kappa shape index (κ1) is 6.78. The summed E-state index contributed by atoms with van der Waals surface area (Å²) < 4.78 is 0. The zero-order valence-electron chi connectivity index (χ0n) is 6.00. The lowest BCUT2D eigenvalue weighted by Crippen LogP contribution is -2.28. The lowest BCUT2D eigenvalue weighted by molar-refractivity contribution is 1.01. The fourth-order valence-corrected chi connectivity index (χ4v) is 0.976. The first-order chi connectivity index (χ1) is 5.79. The molecule has 0 aliphatic carbocycles. The molecule has 0 unspecified atom stereocenters. The largest absolute Gasteiger partial charge is 0.312 e. The molecule has 2 heterocycles. The molecule has 0 amide bonds. The molecule has 0 aliphatic heterocycles. The van der Waals surface area contributed by atoms with Crippen LogP contribution in [0.5, 0.6) is 0 Å². The number of aromatic amines is 2. The van der Waals surface area contributed by atoms with Crippen LogP contribution in [0.15, 0.2) is 27.9 Å². The molecule has 0 bridgehead atoms. The molecular weight excluding hydrogens is 158 g/mol. The molecule has 0 spiro atoms. The Labute approximate surface area is 66.1 Å². The lowest BCUT2D eigenvalue weighted by Gasteiger charge is -1.92. The van der Waals surface area contributed by atoms with Gasteiger partial charge in [-0.15, -0.1) is 0 Å². The summed E-state index contributed by atoms with van der Waals surface area (Å²) >= 11 is 0. The van der Waals surface area contributed by atoms with Gasteiger partial charge in [-0.05, 0) is 12.1 Å². The molecule has 2 N–H and O–H groups in total. The first-order valence-corrected chi connectivity index (χ1v) is 3.35. The van der Waals surface area contributed by atoms with E-state index in [1.807, 2.05) is 0 Å². The topological polar surface area (TPSA) is 78.6 Å². The Morgan fingerprint density at radius 2 is 2.08 bits per heavy atom. The molecule has 0 fully saturated rings. The number of fused-ring (bicyclic) bond motifs is 1. The van der Waals surface area contributed by atoms with Gasteiger partial charge in [0.2, 0.25) is 0 Å². The van der Waals surface area contributed by atoms with E-state index in [9.17, 15) is 9.59 Å². The summed E-state index contributed by atoms with van der Waals surface area (Å²) in [5.74, 6) is 0. The average molecular weight is 163 g/mol. The van der Waals surface area contributed by atoms with E-state index < -0.39 is 11.0 Å². The van der Waals surface area contributed by atoms with Crippen LogP contribution >= 0.6 is 0 Å². The maximum atomic E-state index is 11.1. The molecule has 0 radical (unpaired) electrons. The molecule has 60 valence electrons. The van der Waals surface area contributed by atoms with Gasteiger partial charge in [0, 0.05) is 6.20 Å². The number of pyridine rings is 1. The normalized spacial score (nSPS) is 10.3. The number of rotatable bonds is 0. The lowest BCUT2D eigenvalue weighted by atomic mass is 10.3. The molecule has 2 aromatic heterocycles. The van der Waals surface area contributed by atoms with Gasteiger partial charge in [0.25, 0.3) is 5.43 Å². The minimum Gasteiger partial charge on any atom is -0.296 e. The molecule has 0 aromatic carbocycles. The SMILES string of the molecule is O=c1[nH][nH]c2cccnc2c1=O. The van der Waals surface area contributed by atoms with Gasteiger partial charge in [0.05, 0.1) is 5.52 Å². The van der Waals surface area contributed by atoms with Gasteiger partial charge in [0.15, 0.2) is 0 Å². The summed E-state index contributed by atoms with van der Waals surface area (Å²) in [4.78, 5) is 25.7. The van der Waals surface area contributed by atoms with Gasteiger partial charge in [-0.25, -0.2) is 0 Å². The van der Waals surface area contributed by atoms with Crippen LogP contribution in [0.1, 0.15) is 0 Å². The minimum atomic E-state index is -0.679. The van der Waals surface area contributed by atoms with Crippen molar-refractivity contribution in [3.8, 4) is 0 Å². The Hall–Kier alpha value is -1.91. The van der Waals surface area contributed by atoms with Crippen molar-refractivity contribution in [3.05, 3.63) is 38.9 Å². The molecule has 2 aromatic rings. The predicted molar refractivity (Wildman–Crippen MR) is 43.0 cm³/mol. The summed E-state index contributed by atoms with van der Waals surface area (Å²) in [5.41, 5.74) is -0.589. The molecule has 0 saturated carbocycles. The summed E-state index contributed by atoms with van der Waals surface area (Å²) in [7, 11) is 0. The Balaban J connectivity index is 3.11. The number of aromatic nitrogens is 3. The molecule has 0 saturated heterocycles. The molecule has 5 heteroatoms. The smallest absolute Gasteiger partial charge is 0.296 e. The quantitative estimate of drug-likeness (QED) is 0.519. The highest BCUT2D eigenvalue weighted by molar-refractivity contribution is 5.71. The van der Waals surface area contributed by atoms with E-state index in [1.165, 1.54) is 6.20 Å². The Morgan fingerprint density at radius 3 is 2.92 bits per heavy atom. The number of nitrogens with zero attached hydrogens (tertiary/aromatic N) is 1. The zero-order valence-corrected chi connectivity index (χ0v) is 6.00. The van der Waals surface area contributed by atoms with Gasteiger partial charge in [-0.3, -0.25) is 24.8 Å². The predicted octanol–water partition coefficient (Wildman–Crippen LogP) is -0.389. The van der Waals surface area contributed by atoms with Crippen LogP contribution in [0, 0.1) is 0 Å². The minimum absolute atomic E-state index is 0.168. The first-order valence-electron chi connectivity index (χ1n) is 3.35. The highest BCUT2D eigenvalue weighted by Gasteiger charge is 2.00. The molecule has 0 aliphatic rings. The Kier molecular flexibility index (Phi) is 1.30. The maximum Gasteiger partial charge on any atom is 0.312 e. The van der Waals surface area contributed by atoms with Crippen molar-refractivity contribution >= 4 is 11.0 Å². The van der Waals surface area contributed by atoms with Gasteiger partial charge < -0.3 is 0 Å². The number of nitrogens with one attached hydrogen (secondary N) is 2. The van der Waals surface area contributed by atoms with Crippen LogP contribution < -0.4 is 11.0 Å². The van der Waals surface area contributed by atoms with E-state index in [0.717, 1.165) is 0 Å². The average Bonchev–Trinajstić information content (AvgIpc) is 2.12.